The predicted molar refractivity (Wildman–Crippen MR) is 85.8 cm³/mol. The van der Waals surface area contributed by atoms with Gasteiger partial charge >= 0.3 is 0 Å². The fraction of sp³-hybridized carbons (Fsp3) is 0.250. The van der Waals surface area contributed by atoms with Crippen LogP contribution in [0.25, 0.3) is 0 Å². The maximum Gasteiger partial charge on any atom is 0.205 e. The SMILES string of the molecule is BrC[C@]1(c2ccc(Br)cc2)OC[C@@H](c2ccccc2)O1. The van der Waals surface area contributed by atoms with E-state index in [0.717, 1.165) is 15.6 Å². The Morgan fingerprint density at radius 3 is 2.40 bits per heavy atom. The molecule has 0 saturated carbocycles. The molecule has 2 aromatic rings. The second-order valence-corrected chi connectivity index (χ2v) is 6.20. The molecule has 0 bridgehead atoms. The molecule has 1 aliphatic heterocycles. The van der Waals surface area contributed by atoms with E-state index in [1.807, 2.05) is 42.5 Å². The first-order valence-electron chi connectivity index (χ1n) is 6.42. The third-order valence-corrected chi connectivity index (χ3v) is 4.70. The molecule has 0 radical (unpaired) electrons. The van der Waals surface area contributed by atoms with Gasteiger partial charge in [-0.2, -0.15) is 0 Å². The fourth-order valence-electron chi connectivity index (χ4n) is 2.34. The molecular weight excluding hydrogens is 384 g/mol. The van der Waals surface area contributed by atoms with E-state index in [-0.39, 0.29) is 6.10 Å². The Bertz CT molecular complexity index is 571. The lowest BCUT2D eigenvalue weighted by Gasteiger charge is -2.26. The minimum atomic E-state index is -0.707. The molecule has 1 fully saturated rings. The summed E-state index contributed by atoms with van der Waals surface area (Å²) in [7, 11) is 0. The second-order valence-electron chi connectivity index (χ2n) is 4.72. The number of rotatable bonds is 3. The van der Waals surface area contributed by atoms with Gasteiger partial charge in [0.1, 0.15) is 6.10 Å². The number of hydrogen-bond donors (Lipinski definition) is 0. The molecule has 20 heavy (non-hydrogen) atoms. The van der Waals surface area contributed by atoms with Crippen LogP contribution in [0.5, 0.6) is 0 Å². The zero-order chi connectivity index (χ0) is 14.0. The van der Waals surface area contributed by atoms with Crippen molar-refractivity contribution in [3.8, 4) is 0 Å². The summed E-state index contributed by atoms with van der Waals surface area (Å²) in [5, 5.41) is 0.602. The van der Waals surface area contributed by atoms with Crippen LogP contribution >= 0.6 is 31.9 Å². The molecule has 0 aromatic heterocycles. The quantitative estimate of drug-likeness (QED) is 0.693. The second kappa shape index (κ2) is 5.98. The molecule has 0 spiro atoms. The van der Waals surface area contributed by atoms with E-state index in [1.54, 1.807) is 0 Å². The highest BCUT2D eigenvalue weighted by atomic mass is 79.9. The van der Waals surface area contributed by atoms with Crippen LogP contribution in [0, 0.1) is 0 Å². The van der Waals surface area contributed by atoms with Gasteiger partial charge in [-0.05, 0) is 17.7 Å². The zero-order valence-electron chi connectivity index (χ0n) is 10.8. The summed E-state index contributed by atoms with van der Waals surface area (Å²) < 4.78 is 13.3. The van der Waals surface area contributed by atoms with Crippen molar-refractivity contribution in [2.75, 3.05) is 11.9 Å². The average molecular weight is 398 g/mol. The van der Waals surface area contributed by atoms with Crippen LogP contribution in [0.3, 0.4) is 0 Å². The van der Waals surface area contributed by atoms with Crippen LogP contribution in [-0.4, -0.2) is 11.9 Å². The predicted octanol–water partition coefficient (Wildman–Crippen LogP) is 4.78. The summed E-state index contributed by atoms with van der Waals surface area (Å²) in [6.45, 7) is 0.561. The molecule has 1 heterocycles. The van der Waals surface area contributed by atoms with Gasteiger partial charge in [-0.1, -0.05) is 74.3 Å². The van der Waals surface area contributed by atoms with E-state index < -0.39 is 5.79 Å². The molecule has 104 valence electrons. The Morgan fingerprint density at radius 2 is 1.75 bits per heavy atom. The Kier molecular flexibility index (Phi) is 4.26. The summed E-state index contributed by atoms with van der Waals surface area (Å²) >= 11 is 6.98. The van der Waals surface area contributed by atoms with Gasteiger partial charge in [0.25, 0.3) is 0 Å². The topological polar surface area (TPSA) is 18.5 Å². The first-order valence-corrected chi connectivity index (χ1v) is 8.34. The molecule has 2 nitrogen and oxygen atoms in total. The maximum absolute atomic E-state index is 6.23. The van der Waals surface area contributed by atoms with E-state index in [9.17, 15) is 0 Å². The van der Waals surface area contributed by atoms with E-state index in [0.29, 0.717) is 11.9 Å². The number of halogens is 2. The number of alkyl halides is 1. The highest BCUT2D eigenvalue weighted by molar-refractivity contribution is 9.10. The summed E-state index contributed by atoms with van der Waals surface area (Å²) in [5.41, 5.74) is 2.17. The summed E-state index contributed by atoms with van der Waals surface area (Å²) in [4.78, 5) is 0. The summed E-state index contributed by atoms with van der Waals surface area (Å²) in [6, 6.07) is 18.2. The first-order chi connectivity index (χ1) is 9.73. The summed E-state index contributed by atoms with van der Waals surface area (Å²) in [5.74, 6) is -0.707. The Morgan fingerprint density at radius 1 is 1.05 bits per heavy atom. The van der Waals surface area contributed by atoms with Crippen LogP contribution in [0.15, 0.2) is 59.1 Å². The number of hydrogen-bond acceptors (Lipinski definition) is 2. The maximum atomic E-state index is 6.23. The molecule has 0 amide bonds. The van der Waals surface area contributed by atoms with E-state index in [4.69, 9.17) is 9.47 Å². The Labute approximate surface area is 135 Å². The van der Waals surface area contributed by atoms with E-state index in [1.165, 1.54) is 0 Å². The monoisotopic (exact) mass is 396 g/mol. The fourth-order valence-corrected chi connectivity index (χ4v) is 3.22. The minimum Gasteiger partial charge on any atom is -0.342 e. The van der Waals surface area contributed by atoms with Gasteiger partial charge in [-0.25, -0.2) is 0 Å². The van der Waals surface area contributed by atoms with Gasteiger partial charge in [0, 0.05) is 10.0 Å². The van der Waals surface area contributed by atoms with Crippen molar-refractivity contribution in [1.29, 1.82) is 0 Å². The lowest BCUT2D eigenvalue weighted by Crippen LogP contribution is -2.29. The third-order valence-electron chi connectivity index (χ3n) is 3.43. The molecular formula is C16H14Br2O2. The van der Waals surface area contributed by atoms with Gasteiger partial charge < -0.3 is 9.47 Å². The largest absolute Gasteiger partial charge is 0.342 e. The summed E-state index contributed by atoms with van der Waals surface area (Å²) in [6.07, 6.45) is -0.0302. The molecule has 2 atom stereocenters. The standard InChI is InChI=1S/C16H14Br2O2/c17-11-16(13-6-8-14(18)9-7-13)19-10-15(20-16)12-4-2-1-3-5-12/h1-9,15H,10-11H2/t15-,16-/m0/s1. The van der Waals surface area contributed by atoms with Gasteiger partial charge in [-0.15, -0.1) is 0 Å². The highest BCUT2D eigenvalue weighted by Crippen LogP contribution is 2.41. The van der Waals surface area contributed by atoms with E-state index >= 15 is 0 Å². The van der Waals surface area contributed by atoms with Gasteiger partial charge in [0.2, 0.25) is 5.79 Å². The number of ether oxygens (including phenoxy) is 2. The Hall–Kier alpha value is -0.680. The smallest absolute Gasteiger partial charge is 0.205 e. The highest BCUT2D eigenvalue weighted by Gasteiger charge is 2.42. The minimum absolute atomic E-state index is 0.0302. The van der Waals surface area contributed by atoms with Crippen molar-refractivity contribution in [1.82, 2.24) is 0 Å². The van der Waals surface area contributed by atoms with Crippen molar-refractivity contribution in [3.63, 3.8) is 0 Å². The first kappa shape index (κ1) is 14.3. The van der Waals surface area contributed by atoms with Crippen molar-refractivity contribution < 1.29 is 9.47 Å². The van der Waals surface area contributed by atoms with Gasteiger partial charge in [0.15, 0.2) is 0 Å². The zero-order valence-corrected chi connectivity index (χ0v) is 13.9. The molecule has 1 aliphatic rings. The van der Waals surface area contributed by atoms with Crippen molar-refractivity contribution in [2.45, 2.75) is 11.9 Å². The lowest BCUT2D eigenvalue weighted by molar-refractivity contribution is -0.157. The van der Waals surface area contributed by atoms with Crippen molar-refractivity contribution in [3.05, 3.63) is 70.2 Å². The Balaban J connectivity index is 1.87. The van der Waals surface area contributed by atoms with Crippen LogP contribution < -0.4 is 0 Å². The van der Waals surface area contributed by atoms with Crippen LogP contribution in [0.1, 0.15) is 17.2 Å². The van der Waals surface area contributed by atoms with Crippen LogP contribution in [0.4, 0.5) is 0 Å². The third kappa shape index (κ3) is 2.70. The molecule has 0 aliphatic carbocycles. The van der Waals surface area contributed by atoms with Gasteiger partial charge in [0.05, 0.1) is 11.9 Å². The van der Waals surface area contributed by atoms with E-state index in [2.05, 4.69) is 44.0 Å². The molecule has 3 rings (SSSR count). The molecule has 2 aromatic carbocycles. The van der Waals surface area contributed by atoms with Crippen molar-refractivity contribution >= 4 is 31.9 Å². The van der Waals surface area contributed by atoms with Gasteiger partial charge in [-0.3, -0.25) is 0 Å². The normalized spacial score (nSPS) is 25.8. The molecule has 0 N–H and O–H groups in total. The molecule has 1 saturated heterocycles. The molecule has 4 heteroatoms. The van der Waals surface area contributed by atoms with Crippen LogP contribution in [-0.2, 0) is 15.3 Å². The van der Waals surface area contributed by atoms with Crippen molar-refractivity contribution in [2.24, 2.45) is 0 Å². The van der Waals surface area contributed by atoms with Crippen LogP contribution in [0.2, 0.25) is 0 Å². The number of benzene rings is 2. The molecule has 0 unspecified atom stereocenters. The lowest BCUT2D eigenvalue weighted by atomic mass is 10.1. The average Bonchev–Trinajstić information content (AvgIpc) is 2.95.